The monoisotopic (exact) mass is 345 g/mol. The fraction of sp³-hybridized carbons (Fsp3) is 0.353. The largest absolute Gasteiger partial charge is 0.465 e. The molecule has 0 bridgehead atoms. The number of ether oxygens (including phenoxy) is 3. The molecule has 8 nitrogen and oxygen atoms in total. The predicted octanol–water partition coefficient (Wildman–Crippen LogP) is 1.33. The van der Waals surface area contributed by atoms with Crippen LogP contribution in [-0.2, 0) is 22.6 Å². The van der Waals surface area contributed by atoms with Crippen molar-refractivity contribution in [2.24, 2.45) is 0 Å². The zero-order chi connectivity index (χ0) is 18.0. The van der Waals surface area contributed by atoms with Gasteiger partial charge < -0.3 is 19.5 Å². The van der Waals surface area contributed by atoms with E-state index in [0.717, 1.165) is 5.56 Å². The lowest BCUT2D eigenvalue weighted by atomic mass is 10.2. The number of fused-ring (bicyclic) bond motifs is 1. The molecule has 25 heavy (non-hydrogen) atoms. The van der Waals surface area contributed by atoms with E-state index in [1.807, 2.05) is 18.2 Å². The van der Waals surface area contributed by atoms with E-state index >= 15 is 0 Å². The first-order valence-electron chi connectivity index (χ1n) is 7.77. The molecule has 2 heterocycles. The van der Waals surface area contributed by atoms with Crippen LogP contribution in [0, 0.1) is 13.8 Å². The van der Waals surface area contributed by atoms with E-state index in [9.17, 15) is 9.59 Å². The number of carbonyl (C=O) groups excluding carboxylic acids is 2. The minimum absolute atomic E-state index is 0.0220. The minimum Gasteiger partial charge on any atom is -0.465 e. The molecule has 0 unspecified atom stereocenters. The second-order valence-corrected chi connectivity index (χ2v) is 5.66. The summed E-state index contributed by atoms with van der Waals surface area (Å²) in [5.41, 5.74) is 2.43. The average Bonchev–Trinajstić information content (AvgIpc) is 3.16. The Bertz CT molecular complexity index is 828. The van der Waals surface area contributed by atoms with Gasteiger partial charge in [-0.25, -0.2) is 4.79 Å². The maximum Gasteiger partial charge on any atom is 0.341 e. The Hall–Kier alpha value is -3.03. The zero-order valence-corrected chi connectivity index (χ0v) is 14.3. The molecular weight excluding hydrogens is 326 g/mol. The molecule has 0 radical (unpaired) electrons. The summed E-state index contributed by atoms with van der Waals surface area (Å²) in [4.78, 5) is 23.9. The second-order valence-electron chi connectivity index (χ2n) is 5.66. The van der Waals surface area contributed by atoms with Gasteiger partial charge in [0.2, 0.25) is 12.7 Å². The molecule has 0 aliphatic carbocycles. The highest BCUT2D eigenvalue weighted by Crippen LogP contribution is 2.32. The molecule has 0 saturated heterocycles. The number of hydrogen-bond acceptors (Lipinski definition) is 6. The predicted molar refractivity (Wildman–Crippen MR) is 87.5 cm³/mol. The number of aryl methyl sites for hydroxylation is 1. The van der Waals surface area contributed by atoms with E-state index in [1.165, 1.54) is 11.8 Å². The molecule has 1 aliphatic heterocycles. The third kappa shape index (κ3) is 3.42. The molecule has 0 fully saturated rings. The van der Waals surface area contributed by atoms with Crippen LogP contribution in [0.3, 0.4) is 0 Å². The Morgan fingerprint density at radius 2 is 2.04 bits per heavy atom. The number of rotatable bonds is 5. The third-order valence-electron chi connectivity index (χ3n) is 3.99. The first kappa shape index (κ1) is 16.8. The van der Waals surface area contributed by atoms with Gasteiger partial charge in [0.1, 0.15) is 12.1 Å². The minimum atomic E-state index is -0.456. The Morgan fingerprint density at radius 3 is 2.80 bits per heavy atom. The van der Waals surface area contributed by atoms with E-state index in [1.54, 1.807) is 13.8 Å². The highest BCUT2D eigenvalue weighted by Gasteiger charge is 2.20. The van der Waals surface area contributed by atoms with Crippen LogP contribution >= 0.6 is 0 Å². The molecule has 3 rings (SSSR count). The van der Waals surface area contributed by atoms with Gasteiger partial charge in [-0.2, -0.15) is 5.10 Å². The molecular formula is C17H19N3O5. The Balaban J connectivity index is 1.62. The lowest BCUT2D eigenvalue weighted by Crippen LogP contribution is -2.28. The van der Waals surface area contributed by atoms with Crippen molar-refractivity contribution in [3.05, 3.63) is 40.7 Å². The van der Waals surface area contributed by atoms with Gasteiger partial charge >= 0.3 is 5.97 Å². The van der Waals surface area contributed by atoms with Crippen molar-refractivity contribution in [1.82, 2.24) is 15.1 Å². The Labute approximate surface area is 144 Å². The van der Waals surface area contributed by atoms with E-state index < -0.39 is 5.97 Å². The van der Waals surface area contributed by atoms with Crippen LogP contribution in [0.25, 0.3) is 0 Å². The number of carbonyl (C=O) groups is 2. The van der Waals surface area contributed by atoms with Gasteiger partial charge in [-0.3, -0.25) is 9.48 Å². The first-order valence-corrected chi connectivity index (χ1v) is 7.77. The molecule has 1 N–H and O–H groups in total. The summed E-state index contributed by atoms with van der Waals surface area (Å²) < 4.78 is 16.8. The van der Waals surface area contributed by atoms with Crippen molar-refractivity contribution in [3.63, 3.8) is 0 Å². The Morgan fingerprint density at radius 1 is 1.28 bits per heavy atom. The molecule has 1 aromatic carbocycles. The number of amides is 1. The van der Waals surface area contributed by atoms with Crippen molar-refractivity contribution in [3.8, 4) is 11.5 Å². The third-order valence-corrected chi connectivity index (χ3v) is 3.99. The van der Waals surface area contributed by atoms with Crippen LogP contribution in [0.2, 0.25) is 0 Å². The van der Waals surface area contributed by atoms with Crippen molar-refractivity contribution in [2.75, 3.05) is 13.9 Å². The molecule has 1 amide bonds. The lowest BCUT2D eigenvalue weighted by molar-refractivity contribution is -0.122. The molecule has 0 saturated carbocycles. The standard InChI is InChI=1S/C17H19N3O5/c1-10-16(17(22)23-3)11(2)20(19-10)8-15(21)18-7-12-4-5-13-14(6-12)25-9-24-13/h4-6H,7-9H2,1-3H3,(H,18,21). The number of nitrogens with zero attached hydrogens (tertiary/aromatic N) is 2. The summed E-state index contributed by atoms with van der Waals surface area (Å²) >= 11 is 0. The maximum absolute atomic E-state index is 12.2. The highest BCUT2D eigenvalue weighted by molar-refractivity contribution is 5.91. The van der Waals surface area contributed by atoms with Crippen molar-refractivity contribution in [1.29, 1.82) is 0 Å². The van der Waals surface area contributed by atoms with Crippen molar-refractivity contribution >= 4 is 11.9 Å². The molecule has 2 aromatic rings. The number of esters is 1. The number of aromatic nitrogens is 2. The number of methoxy groups -OCH3 is 1. The molecule has 8 heteroatoms. The van der Waals surface area contributed by atoms with Crippen LogP contribution in [0.15, 0.2) is 18.2 Å². The van der Waals surface area contributed by atoms with Crippen LogP contribution < -0.4 is 14.8 Å². The summed E-state index contributed by atoms with van der Waals surface area (Å²) in [5, 5.41) is 7.07. The highest BCUT2D eigenvalue weighted by atomic mass is 16.7. The lowest BCUT2D eigenvalue weighted by Gasteiger charge is -2.08. The zero-order valence-electron chi connectivity index (χ0n) is 14.3. The van der Waals surface area contributed by atoms with Gasteiger partial charge in [0.15, 0.2) is 11.5 Å². The van der Waals surface area contributed by atoms with Crippen molar-refractivity contribution < 1.29 is 23.8 Å². The quantitative estimate of drug-likeness (QED) is 0.822. The first-order chi connectivity index (χ1) is 12.0. The van der Waals surface area contributed by atoms with Crippen LogP contribution in [-0.4, -0.2) is 35.6 Å². The maximum atomic E-state index is 12.2. The average molecular weight is 345 g/mol. The molecule has 0 spiro atoms. The van der Waals surface area contributed by atoms with E-state index in [0.29, 0.717) is 35.0 Å². The van der Waals surface area contributed by atoms with Crippen LogP contribution in [0.5, 0.6) is 11.5 Å². The van der Waals surface area contributed by atoms with E-state index in [4.69, 9.17) is 14.2 Å². The fourth-order valence-corrected chi connectivity index (χ4v) is 2.69. The number of nitrogens with one attached hydrogen (secondary N) is 1. The van der Waals surface area contributed by atoms with Gasteiger partial charge in [-0.1, -0.05) is 6.07 Å². The summed E-state index contributed by atoms with van der Waals surface area (Å²) in [5.74, 6) is 0.711. The number of benzene rings is 1. The van der Waals surface area contributed by atoms with Gasteiger partial charge in [-0.05, 0) is 31.5 Å². The van der Waals surface area contributed by atoms with Crippen molar-refractivity contribution in [2.45, 2.75) is 26.9 Å². The molecule has 0 atom stereocenters. The normalized spacial score (nSPS) is 12.1. The van der Waals surface area contributed by atoms with E-state index in [2.05, 4.69) is 10.4 Å². The summed E-state index contributed by atoms with van der Waals surface area (Å²) in [6, 6.07) is 5.52. The van der Waals surface area contributed by atoms with Gasteiger partial charge in [-0.15, -0.1) is 0 Å². The number of hydrogen-bond donors (Lipinski definition) is 1. The van der Waals surface area contributed by atoms with Gasteiger partial charge in [0.05, 0.1) is 18.5 Å². The second kappa shape index (κ2) is 6.84. The smallest absolute Gasteiger partial charge is 0.341 e. The van der Waals surface area contributed by atoms with Gasteiger partial charge in [0.25, 0.3) is 0 Å². The molecule has 1 aliphatic rings. The topological polar surface area (TPSA) is 91.7 Å². The Kier molecular flexibility index (Phi) is 4.60. The summed E-state index contributed by atoms with van der Waals surface area (Å²) in [7, 11) is 1.32. The van der Waals surface area contributed by atoms with Crippen LogP contribution in [0.1, 0.15) is 27.3 Å². The van der Waals surface area contributed by atoms with Gasteiger partial charge in [0, 0.05) is 6.54 Å². The van der Waals surface area contributed by atoms with E-state index in [-0.39, 0.29) is 19.2 Å². The van der Waals surface area contributed by atoms with Crippen LogP contribution in [0.4, 0.5) is 0 Å². The summed E-state index contributed by atoms with van der Waals surface area (Å²) in [6.45, 7) is 4.04. The molecule has 1 aromatic heterocycles. The molecule has 132 valence electrons. The fourth-order valence-electron chi connectivity index (χ4n) is 2.69. The summed E-state index contributed by atoms with van der Waals surface area (Å²) in [6.07, 6.45) is 0. The SMILES string of the molecule is COC(=O)c1c(C)nn(CC(=O)NCc2ccc3c(c2)OCO3)c1C.